The van der Waals surface area contributed by atoms with Crippen molar-refractivity contribution in [1.29, 1.82) is 0 Å². The van der Waals surface area contributed by atoms with E-state index in [9.17, 15) is 14.7 Å². The highest BCUT2D eigenvalue weighted by molar-refractivity contribution is 6.06. The van der Waals surface area contributed by atoms with Crippen LogP contribution >= 0.6 is 0 Å². The van der Waals surface area contributed by atoms with Gasteiger partial charge in [0.15, 0.2) is 6.10 Å². The number of hydrogen-bond acceptors (Lipinski definition) is 5. The van der Waals surface area contributed by atoms with Crippen molar-refractivity contribution < 1.29 is 24.2 Å². The van der Waals surface area contributed by atoms with Crippen LogP contribution in [0.3, 0.4) is 0 Å². The molecule has 0 spiro atoms. The van der Waals surface area contributed by atoms with Gasteiger partial charge in [0.1, 0.15) is 5.75 Å². The molecule has 6 heteroatoms. The van der Waals surface area contributed by atoms with Crippen LogP contribution in [0.15, 0.2) is 42.5 Å². The molecule has 1 unspecified atom stereocenters. The number of esters is 1. The summed E-state index contributed by atoms with van der Waals surface area (Å²) in [5, 5.41) is 9.21. The number of anilines is 2. The molecule has 0 bridgehead atoms. The molecule has 1 aliphatic heterocycles. The Hall–Kier alpha value is -2.86. The van der Waals surface area contributed by atoms with Gasteiger partial charge in [-0.2, -0.15) is 0 Å². The van der Waals surface area contributed by atoms with Gasteiger partial charge in [0.2, 0.25) is 0 Å². The highest BCUT2D eigenvalue weighted by Crippen LogP contribution is 2.39. The van der Waals surface area contributed by atoms with Gasteiger partial charge in [-0.3, -0.25) is 9.69 Å². The van der Waals surface area contributed by atoms with Crippen molar-refractivity contribution in [2.75, 3.05) is 18.6 Å². The molecule has 2 aromatic carbocycles. The molecule has 1 aliphatic rings. The molecule has 2 aromatic rings. The number of para-hydroxylation sites is 2. The van der Waals surface area contributed by atoms with E-state index in [1.54, 1.807) is 42.2 Å². The zero-order valence-corrected chi connectivity index (χ0v) is 14.1. The number of benzene rings is 2. The van der Waals surface area contributed by atoms with Gasteiger partial charge in [-0.25, -0.2) is 4.79 Å². The van der Waals surface area contributed by atoms with Gasteiger partial charge >= 0.3 is 5.97 Å². The van der Waals surface area contributed by atoms with Gasteiger partial charge in [0.05, 0.1) is 18.4 Å². The minimum atomic E-state index is -0.750. The van der Waals surface area contributed by atoms with E-state index in [1.807, 2.05) is 12.1 Å². The van der Waals surface area contributed by atoms with E-state index in [2.05, 4.69) is 0 Å². The molecule has 1 amide bonds. The molecule has 3 rings (SSSR count). The summed E-state index contributed by atoms with van der Waals surface area (Å²) < 4.78 is 10.5. The average molecular weight is 341 g/mol. The first kappa shape index (κ1) is 17.0. The number of aliphatic hydroxyl groups is 1. The Morgan fingerprint density at radius 3 is 2.72 bits per heavy atom. The van der Waals surface area contributed by atoms with E-state index < -0.39 is 12.1 Å². The first-order chi connectivity index (χ1) is 12.1. The summed E-state index contributed by atoms with van der Waals surface area (Å²) in [6.45, 7) is 1.64. The average Bonchev–Trinajstić information content (AvgIpc) is 2.62. The van der Waals surface area contributed by atoms with Gasteiger partial charge in [0.25, 0.3) is 5.91 Å². The fourth-order valence-electron chi connectivity index (χ4n) is 2.90. The summed E-state index contributed by atoms with van der Waals surface area (Å²) >= 11 is 0. The van der Waals surface area contributed by atoms with Crippen molar-refractivity contribution in [1.82, 2.24) is 0 Å². The molecule has 0 radical (unpaired) electrons. The molecule has 0 aromatic heterocycles. The van der Waals surface area contributed by atoms with E-state index in [4.69, 9.17) is 9.47 Å². The van der Waals surface area contributed by atoms with Crippen LogP contribution in [-0.4, -0.2) is 36.8 Å². The van der Waals surface area contributed by atoms with Gasteiger partial charge in [-0.15, -0.1) is 0 Å². The van der Waals surface area contributed by atoms with Crippen LogP contribution < -0.4 is 9.64 Å². The zero-order chi connectivity index (χ0) is 18.0. The molecular weight excluding hydrogens is 322 g/mol. The molecular formula is C19H19NO5. The Labute approximate surface area is 145 Å². The molecule has 130 valence electrons. The number of aryl methyl sites for hydroxylation is 1. The fraction of sp³-hybridized carbons (Fsp3) is 0.263. The number of carbonyl (C=O) groups is 2. The van der Waals surface area contributed by atoms with Crippen molar-refractivity contribution in [3.63, 3.8) is 0 Å². The van der Waals surface area contributed by atoms with Crippen LogP contribution in [0.5, 0.6) is 5.75 Å². The summed E-state index contributed by atoms with van der Waals surface area (Å²) in [6.07, 6.45) is -0.538. The highest BCUT2D eigenvalue weighted by Gasteiger charge is 2.35. The Kier molecular flexibility index (Phi) is 4.72. The molecule has 6 nitrogen and oxygen atoms in total. The van der Waals surface area contributed by atoms with E-state index in [-0.39, 0.29) is 18.9 Å². The second kappa shape index (κ2) is 6.94. The van der Waals surface area contributed by atoms with Crippen molar-refractivity contribution in [3.05, 3.63) is 53.6 Å². The number of aliphatic hydroxyl groups excluding tert-OH is 1. The Morgan fingerprint density at radius 2 is 2.04 bits per heavy atom. The predicted molar refractivity (Wildman–Crippen MR) is 92.2 cm³/mol. The molecule has 0 saturated heterocycles. The molecule has 1 N–H and O–H groups in total. The smallest absolute Gasteiger partial charge is 0.338 e. The summed E-state index contributed by atoms with van der Waals surface area (Å²) in [6, 6.07) is 12.3. The Balaban J connectivity index is 2.06. The number of rotatable bonds is 4. The predicted octanol–water partition coefficient (Wildman–Crippen LogP) is 2.59. The lowest BCUT2D eigenvalue weighted by Crippen LogP contribution is -2.43. The van der Waals surface area contributed by atoms with Crippen molar-refractivity contribution in [2.45, 2.75) is 19.4 Å². The summed E-state index contributed by atoms with van der Waals surface area (Å²) in [5.41, 5.74) is 2.42. The van der Waals surface area contributed by atoms with E-state index in [0.29, 0.717) is 28.3 Å². The summed E-state index contributed by atoms with van der Waals surface area (Å²) in [5.74, 6) is -0.0934. The molecule has 0 saturated carbocycles. The minimum absolute atomic E-state index is 0.146. The highest BCUT2D eigenvalue weighted by atomic mass is 16.5. The summed E-state index contributed by atoms with van der Waals surface area (Å²) in [7, 11) is 1.33. The number of ether oxygens (including phenoxy) is 2. The molecule has 0 fully saturated rings. The second-order valence-electron chi connectivity index (χ2n) is 5.75. The number of fused-ring (bicyclic) bond motifs is 1. The summed E-state index contributed by atoms with van der Waals surface area (Å²) in [4.78, 5) is 26.2. The maximum atomic E-state index is 12.9. The topological polar surface area (TPSA) is 76.1 Å². The molecule has 1 atom stereocenters. The lowest BCUT2D eigenvalue weighted by molar-refractivity contribution is -0.126. The van der Waals surface area contributed by atoms with Crippen LogP contribution in [0.2, 0.25) is 0 Å². The third-order valence-corrected chi connectivity index (χ3v) is 4.14. The monoisotopic (exact) mass is 341 g/mol. The van der Waals surface area contributed by atoms with Crippen molar-refractivity contribution >= 4 is 23.3 Å². The largest absolute Gasteiger partial charge is 0.478 e. The van der Waals surface area contributed by atoms with Gasteiger partial charge in [-0.05, 0) is 42.8 Å². The second-order valence-corrected chi connectivity index (χ2v) is 5.75. The van der Waals surface area contributed by atoms with E-state index in [1.165, 1.54) is 7.11 Å². The standard InChI is InChI=1S/C19H19NO5/c1-12-11-13(7-8-14(12)19(23)24-2)20-15-5-3-4-6-16(15)25-17(9-10-21)18(20)22/h3-8,11,17,21H,9-10H2,1-2H3. The zero-order valence-electron chi connectivity index (χ0n) is 14.1. The maximum Gasteiger partial charge on any atom is 0.338 e. The van der Waals surface area contributed by atoms with Gasteiger partial charge < -0.3 is 14.6 Å². The third-order valence-electron chi connectivity index (χ3n) is 4.14. The number of nitrogens with zero attached hydrogens (tertiary/aromatic N) is 1. The first-order valence-corrected chi connectivity index (χ1v) is 7.96. The number of methoxy groups -OCH3 is 1. The van der Waals surface area contributed by atoms with Crippen molar-refractivity contribution in [2.24, 2.45) is 0 Å². The minimum Gasteiger partial charge on any atom is -0.478 e. The molecule has 25 heavy (non-hydrogen) atoms. The van der Waals surface area contributed by atoms with Crippen LogP contribution in [0.4, 0.5) is 11.4 Å². The first-order valence-electron chi connectivity index (χ1n) is 7.96. The quantitative estimate of drug-likeness (QED) is 0.865. The van der Waals surface area contributed by atoms with Crippen LogP contribution in [-0.2, 0) is 9.53 Å². The van der Waals surface area contributed by atoms with Crippen molar-refractivity contribution in [3.8, 4) is 5.75 Å². The molecule has 0 aliphatic carbocycles. The number of amides is 1. The van der Waals surface area contributed by atoms with Gasteiger partial charge in [-0.1, -0.05) is 12.1 Å². The number of carbonyl (C=O) groups excluding carboxylic acids is 2. The SMILES string of the molecule is COC(=O)c1ccc(N2C(=O)C(CCO)Oc3ccccc32)cc1C. The van der Waals surface area contributed by atoms with Crippen LogP contribution in [0, 0.1) is 6.92 Å². The van der Waals surface area contributed by atoms with E-state index >= 15 is 0 Å². The third kappa shape index (κ3) is 3.08. The Morgan fingerprint density at radius 1 is 1.28 bits per heavy atom. The lowest BCUT2D eigenvalue weighted by atomic mass is 10.0. The van der Waals surface area contributed by atoms with Gasteiger partial charge in [0, 0.05) is 18.7 Å². The van der Waals surface area contributed by atoms with E-state index in [0.717, 1.165) is 0 Å². The Bertz CT molecular complexity index is 817. The maximum absolute atomic E-state index is 12.9. The normalized spacial score (nSPS) is 16.2. The van der Waals surface area contributed by atoms with Crippen LogP contribution in [0.25, 0.3) is 0 Å². The lowest BCUT2D eigenvalue weighted by Gasteiger charge is -2.34. The van der Waals surface area contributed by atoms with Crippen LogP contribution in [0.1, 0.15) is 22.3 Å². The fourth-order valence-corrected chi connectivity index (χ4v) is 2.90. The number of hydrogen-bond donors (Lipinski definition) is 1. The molecule has 1 heterocycles.